The molecule has 0 saturated heterocycles. The quantitative estimate of drug-likeness (QED) is 0.913. The first-order valence-corrected chi connectivity index (χ1v) is 8.24. The second kappa shape index (κ2) is 6.24. The number of nitrogens with zero attached hydrogens (tertiary/aromatic N) is 4. The molecule has 1 aliphatic rings. The minimum Gasteiger partial charge on any atom is -0.392 e. The molecule has 2 aromatic rings. The van der Waals surface area contributed by atoms with Gasteiger partial charge < -0.3 is 5.11 Å². The molecule has 7 heteroatoms. The van der Waals surface area contributed by atoms with Crippen molar-refractivity contribution in [3.05, 3.63) is 28.2 Å². The first-order valence-electron chi connectivity index (χ1n) is 6.63. The topological polar surface area (TPSA) is 63.8 Å². The maximum Gasteiger partial charge on any atom is 0.214 e. The van der Waals surface area contributed by atoms with E-state index in [9.17, 15) is 5.11 Å². The number of aromatic nitrogens is 4. The molecule has 1 aliphatic carbocycles. The molecule has 3 rings (SSSR count). The van der Waals surface area contributed by atoms with Crippen molar-refractivity contribution >= 4 is 27.7 Å². The predicted molar refractivity (Wildman–Crippen MR) is 79.5 cm³/mol. The lowest BCUT2D eigenvalue weighted by Crippen LogP contribution is -2.08. The van der Waals surface area contributed by atoms with Gasteiger partial charge >= 0.3 is 0 Å². The smallest absolute Gasteiger partial charge is 0.214 e. The largest absolute Gasteiger partial charge is 0.392 e. The number of aliphatic hydroxyl groups is 1. The average Bonchev–Trinajstić information content (AvgIpc) is 3.09. The Hall–Kier alpha value is -0.920. The minimum absolute atomic E-state index is 0.0331. The van der Waals surface area contributed by atoms with Crippen LogP contribution in [0, 0.1) is 0 Å². The van der Waals surface area contributed by atoms with Crippen LogP contribution in [-0.4, -0.2) is 25.3 Å². The van der Waals surface area contributed by atoms with Crippen LogP contribution < -0.4 is 0 Å². The van der Waals surface area contributed by atoms with Gasteiger partial charge in [-0.1, -0.05) is 34.8 Å². The monoisotopic (exact) mass is 354 g/mol. The third-order valence-electron chi connectivity index (χ3n) is 3.54. The second-order valence-corrected chi connectivity index (χ2v) is 6.75. The van der Waals surface area contributed by atoms with Gasteiger partial charge in [-0.15, -0.1) is 5.10 Å². The van der Waals surface area contributed by atoms with Crippen LogP contribution in [0.2, 0.25) is 0 Å². The highest BCUT2D eigenvalue weighted by atomic mass is 79.9. The molecule has 0 radical (unpaired) electrons. The van der Waals surface area contributed by atoms with E-state index in [4.69, 9.17) is 0 Å². The van der Waals surface area contributed by atoms with E-state index in [1.165, 1.54) is 12.8 Å². The van der Waals surface area contributed by atoms with Gasteiger partial charge in [-0.2, -0.15) is 0 Å². The lowest BCUT2D eigenvalue weighted by Gasteiger charge is -2.11. The lowest BCUT2D eigenvalue weighted by atomic mass is 10.2. The molecule has 0 unspecified atom stereocenters. The molecule has 1 fully saturated rings. The summed E-state index contributed by atoms with van der Waals surface area (Å²) >= 11 is 5.02. The van der Waals surface area contributed by atoms with Crippen LogP contribution in [0.3, 0.4) is 0 Å². The molecule has 5 nitrogen and oxygen atoms in total. The van der Waals surface area contributed by atoms with Crippen molar-refractivity contribution < 1.29 is 5.11 Å². The molecule has 106 valence electrons. The van der Waals surface area contributed by atoms with Gasteiger partial charge in [0.15, 0.2) is 0 Å². The third kappa shape index (κ3) is 2.89. The Labute approximate surface area is 129 Å². The van der Waals surface area contributed by atoms with Crippen molar-refractivity contribution in [1.82, 2.24) is 20.2 Å². The molecule has 0 atom stereocenters. The Morgan fingerprint density at radius 2 is 2.15 bits per heavy atom. The zero-order valence-corrected chi connectivity index (χ0v) is 13.3. The Bertz CT molecular complexity index is 598. The molecule has 1 saturated carbocycles. The standard InChI is InChI=1S/C13H15BrN4OS/c14-12-7-11(6-5-9(12)8-19)20-13-15-16-17-18(13)10-3-1-2-4-10/h5-7,10,19H,1-4,8H2. The van der Waals surface area contributed by atoms with E-state index in [1.54, 1.807) is 11.8 Å². The van der Waals surface area contributed by atoms with E-state index < -0.39 is 0 Å². The van der Waals surface area contributed by atoms with E-state index in [0.29, 0.717) is 6.04 Å². The Morgan fingerprint density at radius 1 is 1.35 bits per heavy atom. The third-order valence-corrected chi connectivity index (χ3v) is 5.22. The number of hydrogen-bond donors (Lipinski definition) is 1. The van der Waals surface area contributed by atoms with Gasteiger partial charge in [-0.3, -0.25) is 0 Å². The van der Waals surface area contributed by atoms with Crippen molar-refractivity contribution in [3.63, 3.8) is 0 Å². The van der Waals surface area contributed by atoms with Crippen molar-refractivity contribution in [2.24, 2.45) is 0 Å². The summed E-state index contributed by atoms with van der Waals surface area (Å²) in [5.74, 6) is 0. The highest BCUT2D eigenvalue weighted by Crippen LogP contribution is 2.34. The Morgan fingerprint density at radius 3 is 2.85 bits per heavy atom. The summed E-state index contributed by atoms with van der Waals surface area (Å²) in [6.45, 7) is 0.0331. The van der Waals surface area contributed by atoms with Crippen LogP contribution in [0.4, 0.5) is 0 Å². The van der Waals surface area contributed by atoms with Crippen LogP contribution in [0.15, 0.2) is 32.7 Å². The fourth-order valence-corrected chi connectivity index (χ4v) is 3.99. The molecule has 20 heavy (non-hydrogen) atoms. The van der Waals surface area contributed by atoms with Gasteiger partial charge in [-0.05, 0) is 52.7 Å². The number of tetrazole rings is 1. The summed E-state index contributed by atoms with van der Waals surface area (Å²) < 4.78 is 2.86. The molecular formula is C13H15BrN4OS. The molecule has 0 bridgehead atoms. The van der Waals surface area contributed by atoms with Crippen LogP contribution in [-0.2, 0) is 6.61 Å². The summed E-state index contributed by atoms with van der Waals surface area (Å²) in [4.78, 5) is 1.06. The van der Waals surface area contributed by atoms with Crippen LogP contribution in [0.25, 0.3) is 0 Å². The predicted octanol–water partition coefficient (Wildman–Crippen LogP) is 3.19. The minimum atomic E-state index is 0.0331. The zero-order chi connectivity index (χ0) is 13.9. The summed E-state index contributed by atoms with van der Waals surface area (Å²) in [5, 5.41) is 22.1. The van der Waals surface area contributed by atoms with E-state index in [0.717, 1.165) is 32.9 Å². The van der Waals surface area contributed by atoms with Gasteiger partial charge in [0.05, 0.1) is 12.6 Å². The lowest BCUT2D eigenvalue weighted by molar-refractivity contribution is 0.281. The first kappa shape index (κ1) is 14.0. The van der Waals surface area contributed by atoms with Gasteiger partial charge in [0, 0.05) is 9.37 Å². The molecule has 0 aliphatic heterocycles. The number of aliphatic hydroxyl groups excluding tert-OH is 1. The van der Waals surface area contributed by atoms with Crippen molar-refractivity contribution in [2.45, 2.75) is 48.4 Å². The molecule has 1 aromatic heterocycles. The van der Waals surface area contributed by atoms with Crippen LogP contribution in [0.5, 0.6) is 0 Å². The van der Waals surface area contributed by atoms with E-state index >= 15 is 0 Å². The van der Waals surface area contributed by atoms with E-state index in [-0.39, 0.29) is 6.61 Å². The molecule has 1 N–H and O–H groups in total. The van der Waals surface area contributed by atoms with Crippen molar-refractivity contribution in [2.75, 3.05) is 0 Å². The van der Waals surface area contributed by atoms with Crippen LogP contribution >= 0.6 is 27.7 Å². The second-order valence-electron chi connectivity index (χ2n) is 4.86. The summed E-state index contributed by atoms with van der Waals surface area (Å²) in [6, 6.07) is 6.32. The average molecular weight is 355 g/mol. The maximum atomic E-state index is 9.18. The summed E-state index contributed by atoms with van der Waals surface area (Å²) in [6.07, 6.45) is 4.83. The number of halogens is 1. The Kier molecular flexibility index (Phi) is 4.38. The normalized spacial score (nSPS) is 15.9. The van der Waals surface area contributed by atoms with E-state index in [1.807, 2.05) is 22.9 Å². The molecule has 1 aromatic carbocycles. The maximum absolute atomic E-state index is 9.18. The highest BCUT2D eigenvalue weighted by Gasteiger charge is 2.21. The highest BCUT2D eigenvalue weighted by molar-refractivity contribution is 9.10. The molecular weight excluding hydrogens is 340 g/mol. The van der Waals surface area contributed by atoms with Gasteiger partial charge in [0.2, 0.25) is 5.16 Å². The SMILES string of the molecule is OCc1ccc(Sc2nnnn2C2CCCC2)cc1Br. The molecule has 0 amide bonds. The Balaban J connectivity index is 1.81. The first-order chi connectivity index (χ1) is 9.78. The molecule has 1 heterocycles. The number of hydrogen-bond acceptors (Lipinski definition) is 5. The van der Waals surface area contributed by atoms with E-state index in [2.05, 4.69) is 31.5 Å². The summed E-state index contributed by atoms with van der Waals surface area (Å²) in [7, 11) is 0. The van der Waals surface area contributed by atoms with Gasteiger partial charge in [-0.25, -0.2) is 4.68 Å². The van der Waals surface area contributed by atoms with Crippen molar-refractivity contribution in [3.8, 4) is 0 Å². The van der Waals surface area contributed by atoms with Gasteiger partial charge in [0.1, 0.15) is 0 Å². The molecule has 0 spiro atoms. The zero-order valence-electron chi connectivity index (χ0n) is 10.9. The van der Waals surface area contributed by atoms with Crippen LogP contribution in [0.1, 0.15) is 37.3 Å². The fraction of sp³-hybridized carbons (Fsp3) is 0.462. The van der Waals surface area contributed by atoms with Gasteiger partial charge in [0.25, 0.3) is 0 Å². The fourth-order valence-electron chi connectivity index (χ4n) is 2.46. The number of rotatable bonds is 4. The summed E-state index contributed by atoms with van der Waals surface area (Å²) in [5.41, 5.74) is 0.879. The van der Waals surface area contributed by atoms with Crippen molar-refractivity contribution in [1.29, 1.82) is 0 Å². The number of benzene rings is 1.